The van der Waals surface area contributed by atoms with Crippen LogP contribution in [0, 0.1) is 13.8 Å². The van der Waals surface area contributed by atoms with Crippen molar-refractivity contribution in [3.63, 3.8) is 0 Å². The predicted molar refractivity (Wildman–Crippen MR) is 137 cm³/mol. The van der Waals surface area contributed by atoms with Crippen molar-refractivity contribution in [2.24, 2.45) is 7.05 Å². The standard InChI is InChI=1S/C29H34NSi/c1-21-13-14-22(2)27(19-21)28-26-16-15-25(20-23(26)17-18-30(28)5)31(6,7)29(3,4)24-11-9-8-10-12-24/h8-20H,1-7H3/q+1. The molecule has 31 heavy (non-hydrogen) atoms. The van der Waals surface area contributed by atoms with Crippen LogP contribution in [-0.2, 0) is 12.1 Å². The zero-order valence-electron chi connectivity index (χ0n) is 20.0. The van der Waals surface area contributed by atoms with Crippen molar-refractivity contribution in [2.75, 3.05) is 0 Å². The van der Waals surface area contributed by atoms with Gasteiger partial charge in [-0.2, -0.15) is 0 Å². The van der Waals surface area contributed by atoms with E-state index in [1.54, 1.807) is 0 Å². The summed E-state index contributed by atoms with van der Waals surface area (Å²) in [5.41, 5.74) is 6.67. The maximum Gasteiger partial charge on any atom is 0.220 e. The van der Waals surface area contributed by atoms with E-state index in [1.165, 1.54) is 43.9 Å². The maximum atomic E-state index is 2.51. The summed E-state index contributed by atoms with van der Waals surface area (Å²) in [6, 6.07) is 27.2. The summed E-state index contributed by atoms with van der Waals surface area (Å²) >= 11 is 0. The van der Waals surface area contributed by atoms with Crippen LogP contribution in [0.3, 0.4) is 0 Å². The summed E-state index contributed by atoms with van der Waals surface area (Å²) in [6.07, 6.45) is 2.21. The molecule has 4 aromatic rings. The maximum absolute atomic E-state index is 2.51. The molecule has 0 aliphatic heterocycles. The van der Waals surface area contributed by atoms with Gasteiger partial charge >= 0.3 is 0 Å². The molecule has 0 saturated heterocycles. The zero-order valence-corrected chi connectivity index (χ0v) is 21.0. The predicted octanol–water partition coefficient (Wildman–Crippen LogP) is 6.38. The van der Waals surface area contributed by atoms with Gasteiger partial charge in [-0.25, -0.2) is 4.57 Å². The molecule has 2 heteroatoms. The SMILES string of the molecule is Cc1ccc(C)c(-c2c3ccc([Si](C)(C)C(C)(C)c4ccccc4)cc3cc[n+]2C)c1. The fraction of sp³-hybridized carbons (Fsp3) is 0.276. The van der Waals surface area contributed by atoms with Crippen molar-refractivity contribution in [1.29, 1.82) is 0 Å². The topological polar surface area (TPSA) is 3.88 Å². The highest BCUT2D eigenvalue weighted by Crippen LogP contribution is 2.35. The number of hydrogen-bond donors (Lipinski definition) is 0. The van der Waals surface area contributed by atoms with E-state index < -0.39 is 8.07 Å². The smallest absolute Gasteiger partial charge is 0.200 e. The Morgan fingerprint density at radius 3 is 2.23 bits per heavy atom. The molecule has 4 rings (SSSR count). The monoisotopic (exact) mass is 424 g/mol. The lowest BCUT2D eigenvalue weighted by molar-refractivity contribution is -0.659. The van der Waals surface area contributed by atoms with Gasteiger partial charge in [-0.3, -0.25) is 0 Å². The zero-order chi connectivity index (χ0) is 22.4. The molecule has 0 amide bonds. The molecule has 0 atom stereocenters. The Balaban J connectivity index is 1.88. The molecule has 158 valence electrons. The highest BCUT2D eigenvalue weighted by molar-refractivity contribution is 6.92. The molecular formula is C29H34NSi+. The van der Waals surface area contributed by atoms with Crippen LogP contribution in [-0.4, -0.2) is 8.07 Å². The van der Waals surface area contributed by atoms with Gasteiger partial charge < -0.3 is 0 Å². The molecule has 0 N–H and O–H groups in total. The van der Waals surface area contributed by atoms with Crippen molar-refractivity contribution in [1.82, 2.24) is 0 Å². The number of aromatic nitrogens is 1. The highest BCUT2D eigenvalue weighted by atomic mass is 28.3. The van der Waals surface area contributed by atoms with Gasteiger partial charge in [0.25, 0.3) is 0 Å². The Morgan fingerprint density at radius 1 is 0.806 bits per heavy atom. The second kappa shape index (κ2) is 7.76. The van der Waals surface area contributed by atoms with Crippen LogP contribution < -0.4 is 9.75 Å². The third-order valence-electron chi connectivity index (χ3n) is 7.56. The summed E-state index contributed by atoms with van der Waals surface area (Å²) in [5.74, 6) is 0. The molecule has 0 unspecified atom stereocenters. The van der Waals surface area contributed by atoms with Gasteiger partial charge in [0, 0.05) is 11.6 Å². The molecule has 0 fully saturated rings. The van der Waals surface area contributed by atoms with Crippen LogP contribution in [0.4, 0.5) is 0 Å². The number of aryl methyl sites for hydroxylation is 3. The molecule has 0 radical (unpaired) electrons. The van der Waals surface area contributed by atoms with E-state index in [1.807, 2.05) is 0 Å². The van der Waals surface area contributed by atoms with Crippen LogP contribution in [0.15, 0.2) is 79.0 Å². The molecule has 0 aliphatic rings. The third kappa shape index (κ3) is 3.63. The lowest BCUT2D eigenvalue weighted by Gasteiger charge is -2.41. The average molecular weight is 425 g/mol. The summed E-state index contributed by atoms with van der Waals surface area (Å²) < 4.78 is 2.26. The number of fused-ring (bicyclic) bond motifs is 1. The van der Waals surface area contributed by atoms with Crippen molar-refractivity contribution < 1.29 is 4.57 Å². The molecule has 0 saturated carbocycles. The fourth-order valence-corrected chi connectivity index (χ4v) is 7.29. The fourth-order valence-electron chi connectivity index (χ4n) is 4.66. The van der Waals surface area contributed by atoms with Gasteiger partial charge in [0.2, 0.25) is 5.69 Å². The molecule has 1 heterocycles. The lowest BCUT2D eigenvalue weighted by atomic mass is 9.98. The van der Waals surface area contributed by atoms with Gasteiger partial charge in [-0.15, -0.1) is 0 Å². The first-order valence-electron chi connectivity index (χ1n) is 11.2. The summed E-state index contributed by atoms with van der Waals surface area (Å²) in [5, 5.41) is 4.30. The first-order valence-corrected chi connectivity index (χ1v) is 14.2. The van der Waals surface area contributed by atoms with Crippen LogP contribution in [0.25, 0.3) is 22.0 Å². The molecule has 1 nitrogen and oxygen atoms in total. The minimum Gasteiger partial charge on any atom is -0.200 e. The molecule has 0 spiro atoms. The van der Waals surface area contributed by atoms with E-state index in [-0.39, 0.29) is 5.04 Å². The molecule has 1 aromatic heterocycles. The molecular weight excluding hydrogens is 390 g/mol. The first-order chi connectivity index (χ1) is 14.6. The van der Waals surface area contributed by atoms with E-state index in [2.05, 4.69) is 131 Å². The van der Waals surface area contributed by atoms with Crippen LogP contribution in [0.5, 0.6) is 0 Å². The molecule has 0 bridgehead atoms. The van der Waals surface area contributed by atoms with Gasteiger partial charge in [0.05, 0.1) is 13.5 Å². The Bertz CT molecular complexity index is 1250. The summed E-state index contributed by atoms with van der Waals surface area (Å²) in [4.78, 5) is 0. The average Bonchev–Trinajstić information content (AvgIpc) is 2.75. The van der Waals surface area contributed by atoms with Crippen LogP contribution >= 0.6 is 0 Å². The number of pyridine rings is 1. The minimum atomic E-state index is -1.80. The van der Waals surface area contributed by atoms with Gasteiger partial charge in [0.15, 0.2) is 6.20 Å². The summed E-state index contributed by atoms with van der Waals surface area (Å²) in [6.45, 7) is 14.2. The largest absolute Gasteiger partial charge is 0.220 e. The minimum absolute atomic E-state index is 0.136. The number of benzene rings is 3. The Hall–Kier alpha value is -2.71. The van der Waals surface area contributed by atoms with Crippen molar-refractivity contribution in [3.05, 3.63) is 95.7 Å². The van der Waals surface area contributed by atoms with Gasteiger partial charge in [-0.1, -0.05) is 92.3 Å². The van der Waals surface area contributed by atoms with Crippen LogP contribution in [0.2, 0.25) is 13.1 Å². The Kier molecular flexibility index (Phi) is 5.39. The highest BCUT2D eigenvalue weighted by Gasteiger charge is 2.41. The van der Waals surface area contributed by atoms with E-state index in [0.29, 0.717) is 0 Å². The lowest BCUT2D eigenvalue weighted by Crippen LogP contribution is -2.57. The van der Waals surface area contributed by atoms with Crippen molar-refractivity contribution in [2.45, 2.75) is 45.8 Å². The molecule has 3 aromatic carbocycles. The van der Waals surface area contributed by atoms with Crippen molar-refractivity contribution >= 4 is 24.0 Å². The number of hydrogen-bond acceptors (Lipinski definition) is 0. The molecule has 0 aliphatic carbocycles. The van der Waals surface area contributed by atoms with E-state index in [9.17, 15) is 0 Å². The second-order valence-corrected chi connectivity index (χ2v) is 15.1. The van der Waals surface area contributed by atoms with E-state index in [0.717, 1.165) is 0 Å². The normalized spacial score (nSPS) is 12.4. The van der Waals surface area contributed by atoms with Gasteiger partial charge in [0.1, 0.15) is 7.05 Å². The Morgan fingerprint density at radius 2 is 1.52 bits per heavy atom. The van der Waals surface area contributed by atoms with Crippen molar-refractivity contribution in [3.8, 4) is 11.3 Å². The Labute approximate surface area is 188 Å². The summed E-state index contributed by atoms with van der Waals surface area (Å²) in [7, 11) is 0.352. The first kappa shape index (κ1) is 21.5. The van der Waals surface area contributed by atoms with Crippen LogP contribution in [0.1, 0.15) is 30.5 Å². The number of rotatable bonds is 4. The number of nitrogens with zero attached hydrogens (tertiary/aromatic N) is 1. The quantitative estimate of drug-likeness (QED) is 0.264. The van der Waals surface area contributed by atoms with E-state index in [4.69, 9.17) is 0 Å². The van der Waals surface area contributed by atoms with E-state index >= 15 is 0 Å². The van der Waals surface area contributed by atoms with Gasteiger partial charge in [-0.05, 0) is 47.5 Å². The third-order valence-corrected chi connectivity index (χ3v) is 12.7. The second-order valence-electron chi connectivity index (χ2n) is 10.0.